The van der Waals surface area contributed by atoms with E-state index in [2.05, 4.69) is 15.3 Å². The van der Waals surface area contributed by atoms with Crippen LogP contribution in [0.3, 0.4) is 0 Å². The number of rotatable bonds is 9. The van der Waals surface area contributed by atoms with E-state index >= 15 is 0 Å². The number of hydrogen-bond acceptors (Lipinski definition) is 4. The van der Waals surface area contributed by atoms with Gasteiger partial charge in [-0.25, -0.2) is 13.5 Å². The summed E-state index contributed by atoms with van der Waals surface area (Å²) in [4.78, 5) is 26.8. The Bertz CT molecular complexity index is 1410. The zero-order valence-electron chi connectivity index (χ0n) is 20.2. The smallest absolute Gasteiger partial charge is 0.278 e. The van der Waals surface area contributed by atoms with Crippen molar-refractivity contribution in [1.82, 2.24) is 24.9 Å². The van der Waals surface area contributed by atoms with Crippen LogP contribution in [0.15, 0.2) is 65.5 Å². The number of carbonyl (C=O) groups is 1. The Morgan fingerprint density at radius 1 is 1.03 bits per heavy atom. The summed E-state index contributed by atoms with van der Waals surface area (Å²) in [6.45, 7) is 2.10. The third-order valence-corrected chi connectivity index (χ3v) is 5.95. The third-order valence-electron chi connectivity index (χ3n) is 5.95. The van der Waals surface area contributed by atoms with E-state index in [9.17, 15) is 18.4 Å². The summed E-state index contributed by atoms with van der Waals surface area (Å²) in [5.74, 6) is -1.28. The second-order valence-corrected chi connectivity index (χ2v) is 8.68. The minimum Gasteiger partial charge on any atom is -0.340 e. The zero-order valence-corrected chi connectivity index (χ0v) is 20.2. The minimum atomic E-state index is -0.498. The third kappa shape index (κ3) is 5.73. The van der Waals surface area contributed by atoms with Gasteiger partial charge in [-0.3, -0.25) is 14.7 Å². The topological polar surface area (TPSA) is 83.9 Å². The van der Waals surface area contributed by atoms with Gasteiger partial charge in [0.2, 0.25) is 5.43 Å². The largest absolute Gasteiger partial charge is 0.340 e. The van der Waals surface area contributed by atoms with Crippen LogP contribution in [0.4, 0.5) is 8.78 Å². The molecule has 0 atom stereocenters. The van der Waals surface area contributed by atoms with E-state index in [1.54, 1.807) is 44.3 Å². The molecule has 0 aliphatic carbocycles. The molecule has 0 bridgehead atoms. The lowest BCUT2D eigenvalue weighted by molar-refractivity contribution is 0.0783. The van der Waals surface area contributed by atoms with Crippen molar-refractivity contribution < 1.29 is 13.6 Å². The monoisotopic (exact) mass is 491 g/mol. The van der Waals surface area contributed by atoms with Crippen molar-refractivity contribution in [2.45, 2.75) is 32.6 Å². The first-order valence-corrected chi connectivity index (χ1v) is 11.7. The molecule has 0 saturated heterocycles. The van der Waals surface area contributed by atoms with E-state index in [-0.39, 0.29) is 17.2 Å². The summed E-state index contributed by atoms with van der Waals surface area (Å²) in [5, 5.41) is 11.5. The Balaban J connectivity index is 1.31. The lowest BCUT2D eigenvalue weighted by atomic mass is 10.1. The van der Waals surface area contributed by atoms with E-state index in [0.29, 0.717) is 12.2 Å². The Labute approximate surface area is 207 Å². The highest BCUT2D eigenvalue weighted by Gasteiger charge is 2.19. The molecule has 2 aromatic carbocycles. The number of benzene rings is 2. The molecule has 0 fully saturated rings. The Morgan fingerprint density at radius 2 is 1.78 bits per heavy atom. The lowest BCUT2D eigenvalue weighted by Gasteiger charge is -2.18. The molecule has 0 saturated carbocycles. The number of hydrogen-bond donors (Lipinski definition) is 1. The predicted molar refractivity (Wildman–Crippen MR) is 133 cm³/mol. The average molecular weight is 492 g/mol. The van der Waals surface area contributed by atoms with Gasteiger partial charge in [0, 0.05) is 36.6 Å². The van der Waals surface area contributed by atoms with E-state index < -0.39 is 17.2 Å². The molecule has 0 radical (unpaired) electrons. The molecular weight excluding hydrogens is 464 g/mol. The van der Waals surface area contributed by atoms with E-state index in [0.717, 1.165) is 42.6 Å². The van der Waals surface area contributed by atoms with Gasteiger partial charge in [0.25, 0.3) is 5.91 Å². The van der Waals surface area contributed by atoms with Gasteiger partial charge in [-0.1, -0.05) is 18.6 Å². The number of aryl methyl sites for hydroxylation is 2. The van der Waals surface area contributed by atoms with Crippen LogP contribution in [0.25, 0.3) is 16.9 Å². The van der Waals surface area contributed by atoms with Gasteiger partial charge < -0.3 is 4.90 Å². The molecule has 4 rings (SSSR count). The quantitative estimate of drug-likeness (QED) is 0.344. The Kier molecular flexibility index (Phi) is 7.68. The number of halogens is 2. The van der Waals surface area contributed by atoms with Gasteiger partial charge in [-0.2, -0.15) is 10.2 Å². The maximum absolute atomic E-state index is 14.3. The van der Waals surface area contributed by atoms with Crippen molar-refractivity contribution >= 4 is 5.91 Å². The summed E-state index contributed by atoms with van der Waals surface area (Å²) < 4.78 is 28.6. The van der Waals surface area contributed by atoms with Crippen LogP contribution in [0, 0.1) is 18.6 Å². The highest BCUT2D eigenvalue weighted by atomic mass is 19.1. The SMILES string of the molecule is Cc1cc(=O)c(C(=O)N(C)CCCCCc2cc(-c3ccc(F)cc3)n[nH]2)nn1-c1ccccc1F. The maximum Gasteiger partial charge on any atom is 0.278 e. The Hall–Kier alpha value is -4.14. The van der Waals surface area contributed by atoms with Crippen LogP contribution < -0.4 is 5.43 Å². The van der Waals surface area contributed by atoms with Crippen LogP contribution in [0.5, 0.6) is 0 Å². The van der Waals surface area contributed by atoms with Crippen molar-refractivity contribution in [1.29, 1.82) is 0 Å². The number of aromatic amines is 1. The molecule has 0 aliphatic heterocycles. The molecule has 0 unspecified atom stereocenters. The van der Waals surface area contributed by atoms with E-state index in [1.165, 1.54) is 33.8 Å². The van der Waals surface area contributed by atoms with Crippen LogP contribution in [0.2, 0.25) is 0 Å². The molecule has 2 heterocycles. The van der Waals surface area contributed by atoms with Crippen molar-refractivity contribution in [3.05, 3.63) is 99.6 Å². The second-order valence-electron chi connectivity index (χ2n) is 8.68. The maximum atomic E-state index is 14.3. The highest BCUT2D eigenvalue weighted by Crippen LogP contribution is 2.19. The van der Waals surface area contributed by atoms with Crippen molar-refractivity contribution in [2.24, 2.45) is 0 Å². The van der Waals surface area contributed by atoms with Gasteiger partial charge in [0.15, 0.2) is 5.69 Å². The Morgan fingerprint density at radius 3 is 2.53 bits per heavy atom. The minimum absolute atomic E-state index is 0.174. The first-order valence-electron chi connectivity index (χ1n) is 11.7. The van der Waals surface area contributed by atoms with Gasteiger partial charge in [-0.05, 0) is 68.7 Å². The fourth-order valence-electron chi connectivity index (χ4n) is 3.94. The fourth-order valence-corrected chi connectivity index (χ4v) is 3.94. The highest BCUT2D eigenvalue weighted by molar-refractivity contribution is 5.91. The molecule has 9 heteroatoms. The molecule has 0 aliphatic rings. The number of H-pyrrole nitrogens is 1. The number of amides is 1. The molecular formula is C27H27F2N5O2. The molecule has 4 aromatic rings. The number of carbonyl (C=O) groups excluding carboxylic acids is 1. The summed E-state index contributed by atoms with van der Waals surface area (Å²) in [5.41, 5.74) is 2.47. The normalized spacial score (nSPS) is 11.0. The van der Waals surface area contributed by atoms with Crippen LogP contribution in [-0.4, -0.2) is 44.4 Å². The standard InChI is InChI=1S/C27H27F2N5O2/c1-18-16-25(35)26(32-34(18)24-10-6-5-9-22(24)29)27(36)33(2)15-7-3-4-8-21-17-23(31-30-21)19-11-13-20(28)14-12-19/h5-6,9-14,16-17H,3-4,7-8,15H2,1-2H3,(H,30,31). The first-order chi connectivity index (χ1) is 17.3. The lowest BCUT2D eigenvalue weighted by Crippen LogP contribution is -2.34. The van der Waals surface area contributed by atoms with Crippen LogP contribution >= 0.6 is 0 Å². The van der Waals surface area contributed by atoms with Gasteiger partial charge >= 0.3 is 0 Å². The number of unbranched alkanes of at least 4 members (excludes halogenated alkanes) is 2. The summed E-state index contributed by atoms with van der Waals surface area (Å²) in [7, 11) is 1.63. The molecule has 2 aromatic heterocycles. The van der Waals surface area contributed by atoms with Crippen molar-refractivity contribution in [2.75, 3.05) is 13.6 Å². The molecule has 7 nitrogen and oxygen atoms in total. The number of nitrogens with zero attached hydrogens (tertiary/aromatic N) is 4. The molecule has 186 valence electrons. The summed E-state index contributed by atoms with van der Waals surface area (Å²) in [6, 6.07) is 15.5. The van der Waals surface area contributed by atoms with Crippen LogP contribution in [-0.2, 0) is 6.42 Å². The van der Waals surface area contributed by atoms with Gasteiger partial charge in [0.1, 0.15) is 17.3 Å². The number of para-hydroxylation sites is 1. The average Bonchev–Trinajstić information content (AvgIpc) is 3.33. The molecule has 1 N–H and O–H groups in total. The molecule has 1 amide bonds. The van der Waals surface area contributed by atoms with Crippen molar-refractivity contribution in [3.8, 4) is 16.9 Å². The van der Waals surface area contributed by atoms with Gasteiger partial charge in [0.05, 0.1) is 5.69 Å². The predicted octanol–water partition coefficient (Wildman–Crippen LogP) is 4.69. The fraction of sp³-hybridized carbons (Fsp3) is 0.259. The van der Waals surface area contributed by atoms with Crippen LogP contribution in [0.1, 0.15) is 41.1 Å². The van der Waals surface area contributed by atoms with Gasteiger partial charge in [-0.15, -0.1) is 0 Å². The summed E-state index contributed by atoms with van der Waals surface area (Å²) >= 11 is 0. The van der Waals surface area contributed by atoms with E-state index in [1.807, 2.05) is 6.07 Å². The summed E-state index contributed by atoms with van der Waals surface area (Å²) in [6.07, 6.45) is 3.28. The molecule has 36 heavy (non-hydrogen) atoms. The number of nitrogens with one attached hydrogen (secondary N) is 1. The first kappa shape index (κ1) is 25.0. The second kappa shape index (κ2) is 11.1. The molecule has 0 spiro atoms. The van der Waals surface area contributed by atoms with E-state index in [4.69, 9.17) is 0 Å². The number of aromatic nitrogens is 4. The zero-order chi connectivity index (χ0) is 25.7. The van der Waals surface area contributed by atoms with Crippen molar-refractivity contribution in [3.63, 3.8) is 0 Å².